The van der Waals surface area contributed by atoms with Crippen molar-refractivity contribution >= 4 is 22.8 Å². The van der Waals surface area contributed by atoms with Crippen molar-refractivity contribution in [3.05, 3.63) is 84.7 Å². The van der Waals surface area contributed by atoms with Crippen LogP contribution < -0.4 is 10.5 Å². The van der Waals surface area contributed by atoms with Crippen LogP contribution in [-0.2, 0) is 4.79 Å². The van der Waals surface area contributed by atoms with E-state index < -0.39 is 0 Å². The second-order valence-corrected chi connectivity index (χ2v) is 8.86. The molecule has 0 saturated heterocycles. The first-order valence-electron chi connectivity index (χ1n) is 11.5. The molecule has 8 nitrogen and oxygen atoms in total. The summed E-state index contributed by atoms with van der Waals surface area (Å²) >= 11 is 0. The SMILES string of the molecule is C=CC(=O)N1CC2=C(CC(n3nc(-c4ccc(Oc5ccccc5)cc4)c4c(N)ncnc43)C2)C1. The fourth-order valence-corrected chi connectivity index (χ4v) is 5.01. The first-order valence-corrected chi connectivity index (χ1v) is 11.5. The third-order valence-corrected chi connectivity index (χ3v) is 6.68. The number of fused-ring (bicyclic) bond motifs is 1. The molecule has 1 amide bonds. The molecule has 0 fully saturated rings. The van der Waals surface area contributed by atoms with Crippen molar-refractivity contribution in [1.29, 1.82) is 0 Å². The first kappa shape index (κ1) is 21.1. The van der Waals surface area contributed by atoms with Crippen molar-refractivity contribution in [2.24, 2.45) is 0 Å². The molecule has 0 bridgehead atoms. The molecular formula is C27H24N6O2. The zero-order valence-corrected chi connectivity index (χ0v) is 19.1. The molecule has 2 N–H and O–H groups in total. The van der Waals surface area contributed by atoms with Crippen molar-refractivity contribution < 1.29 is 9.53 Å². The van der Waals surface area contributed by atoms with Crippen molar-refractivity contribution in [1.82, 2.24) is 24.6 Å². The number of carbonyl (C=O) groups is 1. The van der Waals surface area contributed by atoms with Crippen LogP contribution in [0.2, 0.25) is 0 Å². The quantitative estimate of drug-likeness (QED) is 0.344. The highest BCUT2D eigenvalue weighted by molar-refractivity contribution is 5.98. The third kappa shape index (κ3) is 3.73. The Morgan fingerprint density at radius 3 is 2.37 bits per heavy atom. The van der Waals surface area contributed by atoms with Crippen molar-refractivity contribution in [2.75, 3.05) is 18.8 Å². The number of anilines is 1. The van der Waals surface area contributed by atoms with Gasteiger partial charge in [0.15, 0.2) is 5.65 Å². The van der Waals surface area contributed by atoms with E-state index in [1.54, 1.807) is 0 Å². The van der Waals surface area contributed by atoms with Gasteiger partial charge in [-0.2, -0.15) is 5.10 Å². The van der Waals surface area contributed by atoms with E-state index in [-0.39, 0.29) is 11.9 Å². The van der Waals surface area contributed by atoms with Gasteiger partial charge in [0.05, 0.1) is 11.4 Å². The van der Waals surface area contributed by atoms with Crippen LogP contribution >= 0.6 is 0 Å². The number of nitrogens with zero attached hydrogens (tertiary/aromatic N) is 5. The molecule has 0 unspecified atom stereocenters. The monoisotopic (exact) mass is 464 g/mol. The van der Waals surface area contributed by atoms with Gasteiger partial charge >= 0.3 is 0 Å². The second kappa shape index (κ2) is 8.39. The normalized spacial score (nSPS) is 15.6. The van der Waals surface area contributed by atoms with Crippen LogP contribution in [0.4, 0.5) is 5.82 Å². The van der Waals surface area contributed by atoms with Crippen molar-refractivity contribution in [2.45, 2.75) is 18.9 Å². The first-order chi connectivity index (χ1) is 17.1. The van der Waals surface area contributed by atoms with Gasteiger partial charge in [-0.15, -0.1) is 0 Å². The maximum absolute atomic E-state index is 12.0. The molecule has 0 atom stereocenters. The summed E-state index contributed by atoms with van der Waals surface area (Å²) in [6.07, 6.45) is 4.53. The largest absolute Gasteiger partial charge is 0.457 e. The molecule has 35 heavy (non-hydrogen) atoms. The van der Waals surface area contributed by atoms with Crippen molar-refractivity contribution in [3.8, 4) is 22.8 Å². The summed E-state index contributed by atoms with van der Waals surface area (Å²) in [7, 11) is 0. The van der Waals surface area contributed by atoms with Crippen LogP contribution in [0, 0.1) is 0 Å². The van der Waals surface area contributed by atoms with E-state index in [1.165, 1.54) is 23.5 Å². The number of aromatic nitrogens is 4. The number of rotatable bonds is 5. The molecule has 0 saturated carbocycles. The minimum atomic E-state index is -0.0250. The number of nitrogen functional groups attached to an aromatic ring is 1. The van der Waals surface area contributed by atoms with Gasteiger partial charge in [0, 0.05) is 18.7 Å². The third-order valence-electron chi connectivity index (χ3n) is 6.68. The summed E-state index contributed by atoms with van der Waals surface area (Å²) in [6.45, 7) is 4.92. The van der Waals surface area contributed by atoms with Gasteiger partial charge in [-0.05, 0) is 66.5 Å². The number of carbonyl (C=O) groups excluding carboxylic acids is 1. The minimum absolute atomic E-state index is 0.0250. The van der Waals surface area contributed by atoms with Crippen LogP contribution in [0.15, 0.2) is 84.7 Å². The number of nitrogens with two attached hydrogens (primary N) is 1. The maximum atomic E-state index is 12.0. The summed E-state index contributed by atoms with van der Waals surface area (Å²) in [4.78, 5) is 22.6. The smallest absolute Gasteiger partial charge is 0.246 e. The molecule has 0 radical (unpaired) electrons. The molecule has 1 aliphatic heterocycles. The highest BCUT2D eigenvalue weighted by Crippen LogP contribution is 2.42. The highest BCUT2D eigenvalue weighted by Gasteiger charge is 2.35. The molecule has 0 spiro atoms. The van der Waals surface area contributed by atoms with Gasteiger partial charge in [-0.1, -0.05) is 24.8 Å². The lowest BCUT2D eigenvalue weighted by molar-refractivity contribution is -0.124. The van der Waals surface area contributed by atoms with Crippen molar-refractivity contribution in [3.63, 3.8) is 0 Å². The number of para-hydroxylation sites is 1. The van der Waals surface area contributed by atoms with Gasteiger partial charge in [-0.3, -0.25) is 4.79 Å². The average Bonchev–Trinajstić information content (AvgIpc) is 3.57. The Labute approximate surface area is 202 Å². The Bertz CT molecular complexity index is 1460. The molecule has 2 aromatic heterocycles. The molecule has 1 aliphatic carbocycles. The number of hydrogen-bond donors (Lipinski definition) is 1. The van der Waals surface area contributed by atoms with Gasteiger partial charge in [0.1, 0.15) is 29.3 Å². The Kier molecular flexibility index (Phi) is 5.06. The Morgan fingerprint density at radius 1 is 1.00 bits per heavy atom. The van der Waals surface area contributed by atoms with E-state index >= 15 is 0 Å². The lowest BCUT2D eigenvalue weighted by Crippen LogP contribution is -2.29. The van der Waals surface area contributed by atoms with E-state index in [9.17, 15) is 4.79 Å². The van der Waals surface area contributed by atoms with E-state index in [1.807, 2.05) is 64.2 Å². The zero-order chi connectivity index (χ0) is 23.9. The van der Waals surface area contributed by atoms with E-state index in [0.29, 0.717) is 18.9 Å². The van der Waals surface area contributed by atoms with E-state index in [0.717, 1.165) is 46.6 Å². The van der Waals surface area contributed by atoms with Crippen LogP contribution in [0.1, 0.15) is 18.9 Å². The summed E-state index contributed by atoms with van der Waals surface area (Å²) in [5.41, 5.74) is 11.3. The van der Waals surface area contributed by atoms with Crippen LogP contribution in [-0.4, -0.2) is 43.6 Å². The minimum Gasteiger partial charge on any atom is -0.457 e. The molecule has 3 heterocycles. The lowest BCUT2D eigenvalue weighted by atomic mass is 10.1. The number of benzene rings is 2. The standard InChI is InChI=1S/C27H24N6O2/c1-2-23(34)32-14-18-12-20(13-19(18)15-32)33-27-24(26(28)29-16-30-27)25(31-33)17-8-10-22(11-9-17)35-21-6-4-3-5-7-21/h2-11,16,20H,1,12-15H2,(H2,28,29,30). The molecular weight excluding hydrogens is 440 g/mol. The number of ether oxygens (including phenoxy) is 1. The summed E-state index contributed by atoms with van der Waals surface area (Å²) < 4.78 is 7.91. The number of hydrogen-bond acceptors (Lipinski definition) is 6. The fraction of sp³-hybridized carbons (Fsp3) is 0.185. The zero-order valence-electron chi connectivity index (χ0n) is 19.1. The molecule has 174 valence electrons. The predicted octanol–water partition coefficient (Wildman–Crippen LogP) is 4.53. The maximum Gasteiger partial charge on any atom is 0.246 e. The van der Waals surface area contributed by atoms with Gasteiger partial charge < -0.3 is 15.4 Å². The van der Waals surface area contributed by atoms with Crippen LogP contribution in [0.5, 0.6) is 11.5 Å². The van der Waals surface area contributed by atoms with E-state index in [2.05, 4.69) is 16.5 Å². The van der Waals surface area contributed by atoms with Gasteiger partial charge in [0.25, 0.3) is 0 Å². The Hall–Kier alpha value is -4.46. The topological polar surface area (TPSA) is 99.2 Å². The predicted molar refractivity (Wildman–Crippen MR) is 134 cm³/mol. The number of likely N-dealkylation sites (tertiary alicyclic amines) is 1. The van der Waals surface area contributed by atoms with Gasteiger partial charge in [0.2, 0.25) is 5.91 Å². The van der Waals surface area contributed by atoms with E-state index in [4.69, 9.17) is 15.6 Å². The fourth-order valence-electron chi connectivity index (χ4n) is 5.01. The Morgan fingerprint density at radius 2 is 1.69 bits per heavy atom. The molecule has 2 aromatic carbocycles. The Balaban J connectivity index is 1.30. The van der Waals surface area contributed by atoms with Crippen LogP contribution in [0.25, 0.3) is 22.3 Å². The second-order valence-electron chi connectivity index (χ2n) is 8.86. The molecule has 8 heteroatoms. The average molecular weight is 465 g/mol. The molecule has 6 rings (SSSR count). The van der Waals surface area contributed by atoms with Gasteiger partial charge in [-0.25, -0.2) is 14.6 Å². The summed E-state index contributed by atoms with van der Waals surface area (Å²) in [6, 6.07) is 17.6. The summed E-state index contributed by atoms with van der Waals surface area (Å²) in [5.74, 6) is 1.90. The molecule has 4 aromatic rings. The number of amides is 1. The highest BCUT2D eigenvalue weighted by atomic mass is 16.5. The lowest BCUT2D eigenvalue weighted by Gasteiger charge is -2.19. The summed E-state index contributed by atoms with van der Waals surface area (Å²) in [5, 5.41) is 5.73. The van der Waals surface area contributed by atoms with Crippen LogP contribution in [0.3, 0.4) is 0 Å². The molecule has 2 aliphatic rings.